The Balaban J connectivity index is 2.12. The van der Waals surface area contributed by atoms with Crippen LogP contribution in [0.2, 0.25) is 0 Å². The molecule has 0 radical (unpaired) electrons. The number of hydrogen-bond donors (Lipinski definition) is 2. The van der Waals surface area contributed by atoms with Crippen molar-refractivity contribution in [1.82, 2.24) is 4.90 Å². The standard InChI is InChI=1S/C17H20N2O5/c1-4-17(16(23)24-3)12-11(14(21)19(2)15(12)22)13(18-17)9-5-7-10(20)8-6-9/h5-8,11-13,18,20H,4H2,1-3H3/p+1/t11-,12-,13-,17+/m0/s1. The van der Waals surface area contributed by atoms with E-state index in [0.717, 1.165) is 10.5 Å². The number of quaternary nitrogens is 1. The first-order valence-corrected chi connectivity index (χ1v) is 7.92. The maximum Gasteiger partial charge on any atom is 0.368 e. The number of imide groups is 1. The van der Waals surface area contributed by atoms with Crippen molar-refractivity contribution in [2.45, 2.75) is 24.9 Å². The number of benzene rings is 1. The van der Waals surface area contributed by atoms with Crippen LogP contribution in [0, 0.1) is 11.8 Å². The number of phenols is 1. The highest BCUT2D eigenvalue weighted by Crippen LogP contribution is 2.45. The van der Waals surface area contributed by atoms with Crippen LogP contribution in [-0.2, 0) is 19.1 Å². The van der Waals surface area contributed by atoms with Crippen molar-refractivity contribution in [1.29, 1.82) is 0 Å². The van der Waals surface area contributed by atoms with Crippen LogP contribution in [-0.4, -0.2) is 47.5 Å². The maximum atomic E-state index is 12.7. The minimum atomic E-state index is -1.11. The number of rotatable bonds is 3. The number of fused-ring (bicyclic) bond motifs is 1. The Morgan fingerprint density at radius 1 is 1.29 bits per heavy atom. The third kappa shape index (κ3) is 2.04. The van der Waals surface area contributed by atoms with Crippen LogP contribution >= 0.6 is 0 Å². The molecule has 128 valence electrons. The molecule has 1 aromatic rings. The number of phenolic OH excluding ortho intramolecular Hbond substituents is 1. The van der Waals surface area contributed by atoms with E-state index in [1.54, 1.807) is 17.4 Å². The van der Waals surface area contributed by atoms with Crippen molar-refractivity contribution in [2.24, 2.45) is 11.8 Å². The first-order valence-electron chi connectivity index (χ1n) is 7.92. The lowest BCUT2D eigenvalue weighted by Gasteiger charge is -2.27. The lowest BCUT2D eigenvalue weighted by Crippen LogP contribution is -2.98. The molecule has 7 nitrogen and oxygen atoms in total. The molecule has 2 saturated heterocycles. The van der Waals surface area contributed by atoms with Crippen molar-refractivity contribution in [3.63, 3.8) is 0 Å². The number of amides is 2. The zero-order valence-corrected chi connectivity index (χ0v) is 13.9. The average Bonchev–Trinajstić information content (AvgIpc) is 3.05. The Morgan fingerprint density at radius 3 is 2.46 bits per heavy atom. The molecule has 1 aromatic carbocycles. The van der Waals surface area contributed by atoms with Gasteiger partial charge in [-0.05, 0) is 24.3 Å². The highest BCUT2D eigenvalue weighted by Gasteiger charge is 2.71. The molecule has 3 rings (SSSR count). The van der Waals surface area contributed by atoms with Crippen molar-refractivity contribution < 1.29 is 29.5 Å². The largest absolute Gasteiger partial charge is 0.508 e. The number of ether oxygens (including phenoxy) is 1. The van der Waals surface area contributed by atoms with Gasteiger partial charge < -0.3 is 15.2 Å². The molecule has 0 spiro atoms. The molecular formula is C17H21N2O5+. The van der Waals surface area contributed by atoms with Crippen molar-refractivity contribution in [3.05, 3.63) is 29.8 Å². The van der Waals surface area contributed by atoms with E-state index in [-0.39, 0.29) is 23.6 Å². The molecule has 2 aliphatic heterocycles. The smallest absolute Gasteiger partial charge is 0.368 e. The summed E-state index contributed by atoms with van der Waals surface area (Å²) in [5.41, 5.74) is -0.321. The van der Waals surface area contributed by atoms with E-state index in [4.69, 9.17) is 4.74 Å². The molecule has 2 heterocycles. The van der Waals surface area contributed by atoms with Gasteiger partial charge in [-0.2, -0.15) is 0 Å². The molecule has 0 saturated carbocycles. The Labute approximate surface area is 139 Å². The number of nitrogens with two attached hydrogens (primary N) is 1. The fraction of sp³-hybridized carbons (Fsp3) is 0.471. The number of methoxy groups -OCH3 is 1. The minimum Gasteiger partial charge on any atom is -0.508 e. The monoisotopic (exact) mass is 333 g/mol. The summed E-state index contributed by atoms with van der Waals surface area (Å²) in [6.45, 7) is 1.82. The van der Waals surface area contributed by atoms with Crippen molar-refractivity contribution in [2.75, 3.05) is 14.2 Å². The zero-order chi connectivity index (χ0) is 17.6. The van der Waals surface area contributed by atoms with Crippen LogP contribution in [0.25, 0.3) is 0 Å². The maximum absolute atomic E-state index is 12.7. The molecule has 2 amide bonds. The number of likely N-dealkylation sites (tertiary alicyclic amines) is 1. The summed E-state index contributed by atoms with van der Waals surface area (Å²) in [5, 5.41) is 11.3. The van der Waals surface area contributed by atoms with Gasteiger partial charge >= 0.3 is 5.97 Å². The third-order valence-electron chi connectivity index (χ3n) is 5.42. The lowest BCUT2D eigenvalue weighted by atomic mass is 9.78. The summed E-state index contributed by atoms with van der Waals surface area (Å²) in [6, 6.07) is 6.12. The third-order valence-corrected chi connectivity index (χ3v) is 5.42. The van der Waals surface area contributed by atoms with Gasteiger partial charge in [-0.15, -0.1) is 0 Å². The fourth-order valence-corrected chi connectivity index (χ4v) is 4.13. The summed E-state index contributed by atoms with van der Waals surface area (Å²) in [5.74, 6) is -2.35. The summed E-state index contributed by atoms with van der Waals surface area (Å²) < 4.78 is 4.97. The molecule has 4 atom stereocenters. The van der Waals surface area contributed by atoms with Crippen molar-refractivity contribution in [3.8, 4) is 5.75 Å². The summed E-state index contributed by atoms with van der Waals surface area (Å²) >= 11 is 0. The Kier molecular flexibility index (Phi) is 3.83. The Bertz CT molecular complexity index is 701. The van der Waals surface area contributed by atoms with Crippen LogP contribution in [0.1, 0.15) is 24.9 Å². The van der Waals surface area contributed by atoms with Gasteiger partial charge in [-0.25, -0.2) is 4.79 Å². The highest BCUT2D eigenvalue weighted by atomic mass is 16.5. The predicted molar refractivity (Wildman–Crippen MR) is 82.6 cm³/mol. The van der Waals surface area contributed by atoms with Gasteiger partial charge in [0, 0.05) is 19.0 Å². The average molecular weight is 333 g/mol. The Morgan fingerprint density at radius 2 is 1.92 bits per heavy atom. The highest BCUT2D eigenvalue weighted by molar-refractivity contribution is 6.08. The second-order valence-electron chi connectivity index (χ2n) is 6.41. The molecule has 7 heteroatoms. The zero-order valence-electron chi connectivity index (χ0n) is 13.9. The van der Waals surface area contributed by atoms with Gasteiger partial charge in [0.25, 0.3) is 0 Å². The minimum absolute atomic E-state index is 0.119. The quantitative estimate of drug-likeness (QED) is 0.577. The number of hydrogen-bond acceptors (Lipinski definition) is 5. The second-order valence-corrected chi connectivity index (χ2v) is 6.41. The topological polar surface area (TPSA) is 101 Å². The molecule has 24 heavy (non-hydrogen) atoms. The van der Waals surface area contributed by atoms with E-state index in [0.29, 0.717) is 6.42 Å². The molecule has 0 unspecified atom stereocenters. The molecule has 0 aliphatic carbocycles. The molecule has 3 N–H and O–H groups in total. The van der Waals surface area contributed by atoms with E-state index < -0.39 is 23.3 Å². The molecule has 0 aromatic heterocycles. The van der Waals surface area contributed by atoms with E-state index in [1.165, 1.54) is 26.3 Å². The van der Waals surface area contributed by atoms with Crippen LogP contribution < -0.4 is 5.32 Å². The van der Waals surface area contributed by atoms with Gasteiger partial charge in [0.15, 0.2) is 0 Å². The Hall–Kier alpha value is -2.41. The normalized spacial score (nSPS) is 32.1. The SMILES string of the molecule is CC[C@@]1(C(=O)OC)[NH2+][C@@H](c2ccc(O)cc2)[C@H]2C(=O)N(C)C(=O)[C@H]21. The van der Waals surface area contributed by atoms with Crippen LogP contribution in [0.4, 0.5) is 0 Å². The van der Waals surface area contributed by atoms with E-state index in [9.17, 15) is 19.5 Å². The van der Waals surface area contributed by atoms with Gasteiger partial charge in [0.05, 0.1) is 7.11 Å². The van der Waals surface area contributed by atoms with Crippen LogP contribution in [0.3, 0.4) is 0 Å². The van der Waals surface area contributed by atoms with E-state index in [2.05, 4.69) is 0 Å². The summed E-state index contributed by atoms with van der Waals surface area (Å²) in [6.07, 6.45) is 0.377. The van der Waals surface area contributed by atoms with Gasteiger partial charge in [0.2, 0.25) is 17.4 Å². The predicted octanol–water partition coefficient (Wildman–Crippen LogP) is -0.437. The number of aromatic hydroxyl groups is 1. The fourth-order valence-electron chi connectivity index (χ4n) is 4.13. The van der Waals surface area contributed by atoms with Gasteiger partial charge in [-0.3, -0.25) is 14.5 Å². The number of nitrogens with zero attached hydrogens (tertiary/aromatic N) is 1. The summed E-state index contributed by atoms with van der Waals surface area (Å²) in [4.78, 5) is 38.9. The first kappa shape index (κ1) is 16.4. The number of esters is 1. The van der Waals surface area contributed by atoms with E-state index >= 15 is 0 Å². The summed E-state index contributed by atoms with van der Waals surface area (Å²) in [7, 11) is 2.75. The van der Waals surface area contributed by atoms with Crippen LogP contribution in [0.5, 0.6) is 5.75 Å². The second kappa shape index (κ2) is 5.59. The molecule has 2 fully saturated rings. The van der Waals surface area contributed by atoms with Gasteiger partial charge in [-0.1, -0.05) is 6.92 Å². The lowest BCUT2D eigenvalue weighted by molar-refractivity contribution is -0.734. The molecule has 0 bridgehead atoms. The van der Waals surface area contributed by atoms with Gasteiger partial charge in [0.1, 0.15) is 23.6 Å². The van der Waals surface area contributed by atoms with E-state index in [1.807, 2.05) is 6.92 Å². The molecular weight excluding hydrogens is 312 g/mol. The first-order chi connectivity index (χ1) is 11.4. The number of carbonyl (C=O) groups is 3. The van der Waals surface area contributed by atoms with Crippen molar-refractivity contribution >= 4 is 17.8 Å². The number of carbonyl (C=O) groups excluding carboxylic acids is 3. The van der Waals surface area contributed by atoms with Crippen LogP contribution in [0.15, 0.2) is 24.3 Å². The molecule has 2 aliphatic rings.